The standard InChI is InChI=1S/C20H24N4O3S2/c1-13-6-5-7-17(10-13)23-9-8-22(11-14(23)2)29(26,27)18-16(4)21-20-24(19(18)25)12-15(3)28-20/h5-7,10,12,14H,8-9,11H2,1-4H3/t14-/m1/s1. The Labute approximate surface area is 174 Å². The minimum absolute atomic E-state index is 0.0107. The van der Waals surface area contributed by atoms with Crippen molar-refractivity contribution in [3.63, 3.8) is 0 Å². The van der Waals surface area contributed by atoms with Gasteiger partial charge >= 0.3 is 0 Å². The lowest BCUT2D eigenvalue weighted by Gasteiger charge is -2.40. The van der Waals surface area contributed by atoms with Gasteiger partial charge in [-0.1, -0.05) is 12.1 Å². The lowest BCUT2D eigenvalue weighted by atomic mass is 10.1. The van der Waals surface area contributed by atoms with Crippen molar-refractivity contribution < 1.29 is 8.42 Å². The highest BCUT2D eigenvalue weighted by molar-refractivity contribution is 7.89. The van der Waals surface area contributed by atoms with Crippen molar-refractivity contribution >= 4 is 32.0 Å². The van der Waals surface area contributed by atoms with Gasteiger partial charge in [-0.2, -0.15) is 4.31 Å². The van der Waals surface area contributed by atoms with Crippen LogP contribution < -0.4 is 10.5 Å². The van der Waals surface area contributed by atoms with Gasteiger partial charge in [0.2, 0.25) is 0 Å². The van der Waals surface area contributed by atoms with Gasteiger partial charge in [0.1, 0.15) is 0 Å². The summed E-state index contributed by atoms with van der Waals surface area (Å²) in [6.45, 7) is 8.72. The van der Waals surface area contributed by atoms with Crippen molar-refractivity contribution in [1.82, 2.24) is 13.7 Å². The maximum atomic E-state index is 13.4. The Hall–Kier alpha value is -2.23. The van der Waals surface area contributed by atoms with E-state index >= 15 is 0 Å². The van der Waals surface area contributed by atoms with Crippen molar-refractivity contribution in [2.75, 3.05) is 24.5 Å². The number of thiazole rings is 1. The van der Waals surface area contributed by atoms with Gasteiger partial charge in [0.25, 0.3) is 15.6 Å². The zero-order valence-electron chi connectivity index (χ0n) is 16.9. The van der Waals surface area contributed by atoms with Gasteiger partial charge in [-0.15, -0.1) is 11.3 Å². The van der Waals surface area contributed by atoms with Crippen LogP contribution in [0.3, 0.4) is 0 Å². The summed E-state index contributed by atoms with van der Waals surface area (Å²) in [5.74, 6) is 0. The Kier molecular flexibility index (Phi) is 5.00. The average Bonchev–Trinajstić information content (AvgIpc) is 3.02. The van der Waals surface area contributed by atoms with Gasteiger partial charge in [0.05, 0.1) is 5.69 Å². The first-order valence-corrected chi connectivity index (χ1v) is 11.8. The van der Waals surface area contributed by atoms with E-state index in [-0.39, 0.29) is 16.6 Å². The zero-order chi connectivity index (χ0) is 20.9. The molecule has 3 aromatic rings. The van der Waals surface area contributed by atoms with Crippen molar-refractivity contribution in [1.29, 1.82) is 0 Å². The molecule has 0 spiro atoms. The average molecular weight is 433 g/mol. The molecule has 1 atom stereocenters. The van der Waals surface area contributed by atoms with Crippen LogP contribution in [0.25, 0.3) is 4.96 Å². The van der Waals surface area contributed by atoms with Gasteiger partial charge < -0.3 is 4.90 Å². The molecule has 7 nitrogen and oxygen atoms in total. The number of fused-ring (bicyclic) bond motifs is 1. The third-order valence-electron chi connectivity index (χ3n) is 5.30. The second-order valence-electron chi connectivity index (χ2n) is 7.57. The maximum absolute atomic E-state index is 13.4. The first-order valence-electron chi connectivity index (χ1n) is 9.51. The van der Waals surface area contributed by atoms with Crippen LogP contribution in [0.4, 0.5) is 5.69 Å². The second kappa shape index (κ2) is 7.23. The molecule has 0 aliphatic carbocycles. The number of piperazine rings is 1. The number of hydrogen-bond acceptors (Lipinski definition) is 6. The van der Waals surface area contributed by atoms with Gasteiger partial charge in [-0.05, 0) is 45.4 Å². The summed E-state index contributed by atoms with van der Waals surface area (Å²) in [6, 6.07) is 8.19. The van der Waals surface area contributed by atoms with Gasteiger partial charge in [0.15, 0.2) is 9.86 Å². The molecule has 0 radical (unpaired) electrons. The smallest absolute Gasteiger partial charge is 0.279 e. The Bertz CT molecular complexity index is 1250. The summed E-state index contributed by atoms with van der Waals surface area (Å²) in [5.41, 5.74) is 1.98. The molecule has 1 aliphatic heterocycles. The molecule has 1 saturated heterocycles. The Morgan fingerprint density at radius 2 is 1.93 bits per heavy atom. The summed E-state index contributed by atoms with van der Waals surface area (Å²) in [5, 5.41) is 0. The van der Waals surface area contributed by atoms with Crippen molar-refractivity contribution in [2.45, 2.75) is 38.6 Å². The molecule has 29 heavy (non-hydrogen) atoms. The molecule has 3 heterocycles. The number of nitrogens with zero attached hydrogens (tertiary/aromatic N) is 4. The van der Waals surface area contributed by atoms with Crippen LogP contribution in [-0.4, -0.2) is 47.8 Å². The Morgan fingerprint density at radius 1 is 1.17 bits per heavy atom. The maximum Gasteiger partial charge on any atom is 0.279 e. The molecule has 1 aliphatic rings. The number of sulfonamides is 1. The highest BCUT2D eigenvalue weighted by Gasteiger charge is 2.36. The first kappa shape index (κ1) is 20.1. The molecule has 0 bridgehead atoms. The molecule has 1 aromatic carbocycles. The minimum Gasteiger partial charge on any atom is -0.366 e. The van der Waals surface area contributed by atoms with Crippen molar-refractivity contribution in [3.05, 3.63) is 57.0 Å². The van der Waals surface area contributed by atoms with Crippen LogP contribution in [0.2, 0.25) is 0 Å². The van der Waals surface area contributed by atoms with Gasteiger partial charge in [-0.25, -0.2) is 13.4 Å². The van der Waals surface area contributed by atoms with Gasteiger partial charge in [0, 0.05) is 42.4 Å². The van der Waals surface area contributed by atoms with Crippen LogP contribution in [0.15, 0.2) is 40.2 Å². The van der Waals surface area contributed by atoms with Crippen LogP contribution in [0, 0.1) is 20.8 Å². The number of benzene rings is 1. The van der Waals surface area contributed by atoms with E-state index in [1.165, 1.54) is 25.6 Å². The zero-order valence-corrected chi connectivity index (χ0v) is 18.5. The molecule has 1 fully saturated rings. The lowest BCUT2D eigenvalue weighted by Crippen LogP contribution is -2.54. The molecule has 0 unspecified atom stereocenters. The Balaban J connectivity index is 1.67. The Morgan fingerprint density at radius 3 is 2.62 bits per heavy atom. The molecular weight excluding hydrogens is 408 g/mol. The predicted molar refractivity (Wildman–Crippen MR) is 116 cm³/mol. The fourth-order valence-corrected chi connectivity index (χ4v) is 6.49. The van der Waals surface area contributed by atoms with E-state index in [1.54, 1.807) is 13.1 Å². The molecule has 2 aromatic heterocycles. The second-order valence-corrected chi connectivity index (χ2v) is 10.7. The largest absolute Gasteiger partial charge is 0.366 e. The molecule has 0 N–H and O–H groups in total. The van der Waals surface area contributed by atoms with Crippen LogP contribution in [0.5, 0.6) is 0 Å². The van der Waals surface area contributed by atoms with Gasteiger partial charge in [-0.3, -0.25) is 9.20 Å². The number of rotatable bonds is 3. The monoisotopic (exact) mass is 432 g/mol. The normalized spacial score (nSPS) is 18.5. The van der Waals surface area contributed by atoms with E-state index in [1.807, 2.05) is 39.0 Å². The fourth-order valence-electron chi connectivity index (χ4n) is 3.90. The topological polar surface area (TPSA) is 75.0 Å². The summed E-state index contributed by atoms with van der Waals surface area (Å²) >= 11 is 1.37. The van der Waals surface area contributed by atoms with E-state index in [0.717, 1.165) is 10.6 Å². The van der Waals surface area contributed by atoms with Crippen LogP contribution in [0.1, 0.15) is 23.1 Å². The SMILES string of the molecule is Cc1cccc(N2CCN(S(=O)(=O)c3c(C)nc4sc(C)cn4c3=O)C[C@H]2C)c1. The highest BCUT2D eigenvalue weighted by atomic mass is 32.2. The summed E-state index contributed by atoms with van der Waals surface area (Å²) in [4.78, 5) is 20.8. The fraction of sp³-hybridized carbons (Fsp3) is 0.400. The van der Waals surface area contributed by atoms with Crippen LogP contribution >= 0.6 is 11.3 Å². The third-order valence-corrected chi connectivity index (χ3v) is 8.19. The third kappa shape index (κ3) is 3.47. The van der Waals surface area contributed by atoms with E-state index < -0.39 is 15.6 Å². The molecule has 154 valence electrons. The van der Waals surface area contributed by atoms with E-state index in [2.05, 4.69) is 16.0 Å². The molecule has 0 saturated carbocycles. The predicted octanol–water partition coefficient (Wildman–Crippen LogP) is 2.58. The number of aromatic nitrogens is 2. The van der Waals surface area contributed by atoms with E-state index in [4.69, 9.17) is 0 Å². The molecule has 9 heteroatoms. The highest BCUT2D eigenvalue weighted by Crippen LogP contribution is 2.25. The molecule has 0 amide bonds. The molecule has 4 rings (SSSR count). The number of aryl methyl sites for hydroxylation is 3. The first-order chi connectivity index (χ1) is 13.7. The van der Waals surface area contributed by atoms with E-state index in [0.29, 0.717) is 24.6 Å². The number of hydrogen-bond donors (Lipinski definition) is 0. The molecular formula is C20H24N4O3S2. The van der Waals surface area contributed by atoms with E-state index in [9.17, 15) is 13.2 Å². The summed E-state index contributed by atoms with van der Waals surface area (Å²) in [6.07, 6.45) is 1.64. The number of anilines is 1. The lowest BCUT2D eigenvalue weighted by molar-refractivity contribution is 0.342. The summed E-state index contributed by atoms with van der Waals surface area (Å²) in [7, 11) is -3.94. The van der Waals surface area contributed by atoms with Crippen molar-refractivity contribution in [2.24, 2.45) is 0 Å². The summed E-state index contributed by atoms with van der Waals surface area (Å²) < 4.78 is 29.5. The minimum atomic E-state index is -3.94. The van der Waals surface area contributed by atoms with Crippen LogP contribution in [-0.2, 0) is 10.0 Å². The quantitative estimate of drug-likeness (QED) is 0.636. The van der Waals surface area contributed by atoms with Crippen molar-refractivity contribution in [3.8, 4) is 0 Å².